The first-order valence-corrected chi connectivity index (χ1v) is 10.5. The summed E-state index contributed by atoms with van der Waals surface area (Å²) in [5.41, 5.74) is 2.10. The predicted molar refractivity (Wildman–Crippen MR) is 112 cm³/mol. The summed E-state index contributed by atoms with van der Waals surface area (Å²) in [6, 6.07) is 8.56. The van der Waals surface area contributed by atoms with Gasteiger partial charge in [-0.05, 0) is 37.3 Å². The molecule has 7 nitrogen and oxygen atoms in total. The average molecular weight is 409 g/mol. The highest BCUT2D eigenvalue weighted by Crippen LogP contribution is 2.26. The molecule has 1 aliphatic rings. The number of benzene rings is 1. The summed E-state index contributed by atoms with van der Waals surface area (Å²) in [5.74, 6) is -0.351. The van der Waals surface area contributed by atoms with E-state index in [4.69, 9.17) is 4.42 Å². The molecule has 1 aliphatic carbocycles. The minimum absolute atomic E-state index is 0.145. The van der Waals surface area contributed by atoms with Crippen molar-refractivity contribution in [1.82, 2.24) is 15.6 Å². The molecule has 3 atom stereocenters. The molecule has 1 fully saturated rings. The highest BCUT2D eigenvalue weighted by molar-refractivity contribution is 5.95. The van der Waals surface area contributed by atoms with Gasteiger partial charge in [0.1, 0.15) is 18.0 Å². The van der Waals surface area contributed by atoms with Gasteiger partial charge in [-0.1, -0.05) is 38.8 Å². The zero-order chi connectivity index (χ0) is 21.5. The molecule has 0 bridgehead atoms. The number of carbonyl (C=O) groups excluding carboxylic acids is 2. The Morgan fingerprint density at radius 3 is 2.60 bits per heavy atom. The largest absolute Gasteiger partial charge is 0.451 e. The number of hydrogen-bond donors (Lipinski definition) is 2. The van der Waals surface area contributed by atoms with Gasteiger partial charge in [-0.15, -0.1) is 0 Å². The SMILES string of the molecule is CC(C)C[C@@H](C#N)NC(=O)[C@@H]1CCCC[C@@H]1NC(=O)c1ccc(-c2cocn2)cc1. The normalized spacial score (nSPS) is 19.7. The molecule has 158 valence electrons. The second-order valence-electron chi connectivity index (χ2n) is 8.24. The van der Waals surface area contributed by atoms with Gasteiger partial charge in [-0.25, -0.2) is 4.98 Å². The molecule has 1 saturated carbocycles. The first kappa shape index (κ1) is 21.6. The van der Waals surface area contributed by atoms with Gasteiger partial charge >= 0.3 is 0 Å². The number of oxazole rings is 1. The maximum Gasteiger partial charge on any atom is 0.251 e. The van der Waals surface area contributed by atoms with E-state index in [1.165, 1.54) is 6.39 Å². The molecule has 0 aliphatic heterocycles. The summed E-state index contributed by atoms with van der Waals surface area (Å²) in [7, 11) is 0. The first-order chi connectivity index (χ1) is 14.5. The lowest BCUT2D eigenvalue weighted by molar-refractivity contribution is -0.127. The van der Waals surface area contributed by atoms with Gasteiger partial charge in [0, 0.05) is 17.2 Å². The Balaban J connectivity index is 1.64. The van der Waals surface area contributed by atoms with Crippen LogP contribution in [0, 0.1) is 23.2 Å². The molecular formula is C23H28N4O3. The van der Waals surface area contributed by atoms with Crippen LogP contribution >= 0.6 is 0 Å². The van der Waals surface area contributed by atoms with Gasteiger partial charge in [-0.2, -0.15) is 5.26 Å². The van der Waals surface area contributed by atoms with Gasteiger partial charge < -0.3 is 15.1 Å². The fraction of sp³-hybridized carbons (Fsp3) is 0.478. The Kier molecular flexibility index (Phi) is 7.23. The lowest BCUT2D eigenvalue weighted by Crippen LogP contribution is -2.50. The summed E-state index contributed by atoms with van der Waals surface area (Å²) in [4.78, 5) is 29.7. The third-order valence-electron chi connectivity index (χ3n) is 5.47. The minimum atomic E-state index is -0.500. The van der Waals surface area contributed by atoms with Crippen molar-refractivity contribution in [1.29, 1.82) is 5.26 Å². The maximum absolute atomic E-state index is 12.8. The van der Waals surface area contributed by atoms with Gasteiger partial charge in [-0.3, -0.25) is 9.59 Å². The van der Waals surface area contributed by atoms with E-state index in [-0.39, 0.29) is 23.8 Å². The highest BCUT2D eigenvalue weighted by atomic mass is 16.3. The smallest absolute Gasteiger partial charge is 0.251 e. The van der Waals surface area contributed by atoms with E-state index in [9.17, 15) is 14.9 Å². The van der Waals surface area contributed by atoms with E-state index < -0.39 is 6.04 Å². The van der Waals surface area contributed by atoms with Crippen molar-refractivity contribution in [2.24, 2.45) is 11.8 Å². The Bertz CT molecular complexity index is 884. The first-order valence-electron chi connectivity index (χ1n) is 10.5. The summed E-state index contributed by atoms with van der Waals surface area (Å²) in [5, 5.41) is 15.2. The van der Waals surface area contributed by atoms with Crippen LogP contribution in [0.5, 0.6) is 0 Å². The molecule has 1 aromatic carbocycles. The van der Waals surface area contributed by atoms with Crippen molar-refractivity contribution < 1.29 is 14.0 Å². The fourth-order valence-corrected chi connectivity index (χ4v) is 3.91. The maximum atomic E-state index is 12.8. The molecular weight excluding hydrogens is 380 g/mol. The van der Waals surface area contributed by atoms with Crippen LogP contribution < -0.4 is 10.6 Å². The van der Waals surface area contributed by atoms with Crippen molar-refractivity contribution in [3.63, 3.8) is 0 Å². The summed E-state index contributed by atoms with van der Waals surface area (Å²) >= 11 is 0. The Morgan fingerprint density at radius 2 is 1.97 bits per heavy atom. The number of nitrogens with one attached hydrogen (secondary N) is 2. The van der Waals surface area contributed by atoms with Crippen LogP contribution in [0.15, 0.2) is 41.3 Å². The molecule has 0 spiro atoms. The molecule has 7 heteroatoms. The van der Waals surface area contributed by atoms with Crippen LogP contribution in [0.4, 0.5) is 0 Å². The second kappa shape index (κ2) is 10.1. The van der Waals surface area contributed by atoms with Crippen molar-refractivity contribution in [2.45, 2.75) is 58.0 Å². The van der Waals surface area contributed by atoms with Gasteiger partial charge in [0.2, 0.25) is 5.91 Å². The minimum Gasteiger partial charge on any atom is -0.451 e. The second-order valence-corrected chi connectivity index (χ2v) is 8.24. The fourth-order valence-electron chi connectivity index (χ4n) is 3.91. The average Bonchev–Trinajstić information content (AvgIpc) is 3.28. The number of carbonyl (C=O) groups is 2. The Hall–Kier alpha value is -3.14. The third kappa shape index (κ3) is 5.47. The molecule has 2 amide bonds. The number of hydrogen-bond acceptors (Lipinski definition) is 5. The lowest BCUT2D eigenvalue weighted by atomic mass is 9.83. The van der Waals surface area contributed by atoms with Crippen molar-refractivity contribution in [3.8, 4) is 17.3 Å². The van der Waals surface area contributed by atoms with Crippen LogP contribution in [0.25, 0.3) is 11.3 Å². The lowest BCUT2D eigenvalue weighted by Gasteiger charge is -2.32. The van der Waals surface area contributed by atoms with E-state index in [0.29, 0.717) is 30.0 Å². The van der Waals surface area contributed by atoms with E-state index in [0.717, 1.165) is 24.8 Å². The zero-order valence-electron chi connectivity index (χ0n) is 17.4. The van der Waals surface area contributed by atoms with Gasteiger partial charge in [0.15, 0.2) is 6.39 Å². The molecule has 30 heavy (non-hydrogen) atoms. The van der Waals surface area contributed by atoms with Gasteiger partial charge in [0.05, 0.1) is 12.0 Å². The molecule has 3 rings (SSSR count). The quantitative estimate of drug-likeness (QED) is 0.726. The summed E-state index contributed by atoms with van der Waals surface area (Å²) in [6.07, 6.45) is 6.90. The van der Waals surface area contributed by atoms with E-state index >= 15 is 0 Å². The van der Waals surface area contributed by atoms with E-state index in [1.54, 1.807) is 18.4 Å². The van der Waals surface area contributed by atoms with Crippen LogP contribution in [0.2, 0.25) is 0 Å². The number of amides is 2. The summed E-state index contributed by atoms with van der Waals surface area (Å²) in [6.45, 7) is 4.04. The van der Waals surface area contributed by atoms with Crippen LogP contribution in [0.1, 0.15) is 56.3 Å². The van der Waals surface area contributed by atoms with Crippen LogP contribution in [-0.4, -0.2) is 28.9 Å². The number of nitriles is 1. The Morgan fingerprint density at radius 1 is 1.23 bits per heavy atom. The predicted octanol–water partition coefficient (Wildman–Crippen LogP) is 3.68. The van der Waals surface area contributed by atoms with Gasteiger partial charge in [0.25, 0.3) is 5.91 Å². The third-order valence-corrected chi connectivity index (χ3v) is 5.47. The topological polar surface area (TPSA) is 108 Å². The van der Waals surface area contributed by atoms with Crippen LogP contribution in [-0.2, 0) is 4.79 Å². The van der Waals surface area contributed by atoms with E-state index in [2.05, 4.69) is 21.7 Å². The van der Waals surface area contributed by atoms with Crippen molar-refractivity contribution >= 4 is 11.8 Å². The number of nitrogens with zero attached hydrogens (tertiary/aromatic N) is 2. The molecule has 0 radical (unpaired) electrons. The van der Waals surface area contributed by atoms with Crippen molar-refractivity contribution in [2.75, 3.05) is 0 Å². The summed E-state index contributed by atoms with van der Waals surface area (Å²) < 4.78 is 4.99. The standard InChI is InChI=1S/C23H28N4O3/c1-15(2)11-18(12-24)26-23(29)19-5-3-4-6-20(19)27-22(28)17-9-7-16(8-10-17)21-13-30-14-25-21/h7-10,13-15,18-20H,3-6,11H2,1-2H3,(H,26,29)(H,27,28)/t18-,19+,20-/m0/s1. The molecule has 0 unspecified atom stereocenters. The molecule has 0 saturated heterocycles. The number of rotatable bonds is 7. The monoisotopic (exact) mass is 408 g/mol. The van der Waals surface area contributed by atoms with Crippen molar-refractivity contribution in [3.05, 3.63) is 42.5 Å². The number of aromatic nitrogens is 1. The molecule has 1 aromatic heterocycles. The zero-order valence-corrected chi connectivity index (χ0v) is 17.4. The van der Waals surface area contributed by atoms with Crippen LogP contribution in [0.3, 0.4) is 0 Å². The molecule has 1 heterocycles. The highest BCUT2D eigenvalue weighted by Gasteiger charge is 2.33. The Labute approximate surface area is 176 Å². The molecule has 2 aromatic rings. The molecule has 2 N–H and O–H groups in total. The van der Waals surface area contributed by atoms with E-state index in [1.807, 2.05) is 26.0 Å².